The van der Waals surface area contributed by atoms with Gasteiger partial charge in [-0.3, -0.25) is 0 Å². The molecule has 0 N–H and O–H groups in total. The lowest BCUT2D eigenvalue weighted by atomic mass is 10.0. The van der Waals surface area contributed by atoms with E-state index in [9.17, 15) is 13.2 Å². The molecule has 120 valence electrons. The Bertz CT molecular complexity index is 814. The Hall–Kier alpha value is -2.30. The second-order valence-corrected chi connectivity index (χ2v) is 5.90. The molecule has 0 aliphatic carbocycles. The summed E-state index contributed by atoms with van der Waals surface area (Å²) in [5.41, 5.74) is 2.84. The molecule has 1 heterocycles. The van der Waals surface area contributed by atoms with E-state index in [1.54, 1.807) is 24.3 Å². The number of rotatable bonds is 3. The molecule has 0 unspecified atom stereocenters. The quantitative estimate of drug-likeness (QED) is 0.647. The van der Waals surface area contributed by atoms with Crippen molar-refractivity contribution in [3.05, 3.63) is 65.5 Å². The summed E-state index contributed by atoms with van der Waals surface area (Å²) in [6.45, 7) is 4.31. The number of fused-ring (bicyclic) bond motifs is 1. The predicted octanol–water partition coefficient (Wildman–Crippen LogP) is 5.23. The molecule has 0 bridgehead atoms. The van der Waals surface area contributed by atoms with Gasteiger partial charge in [-0.05, 0) is 29.2 Å². The van der Waals surface area contributed by atoms with Gasteiger partial charge in [0.25, 0.3) is 0 Å². The van der Waals surface area contributed by atoms with Crippen molar-refractivity contribution in [1.29, 1.82) is 0 Å². The molecule has 0 saturated carbocycles. The van der Waals surface area contributed by atoms with Crippen molar-refractivity contribution in [2.45, 2.75) is 32.5 Å². The first-order valence-electron chi connectivity index (χ1n) is 7.47. The van der Waals surface area contributed by atoms with E-state index in [1.165, 1.54) is 10.1 Å². The van der Waals surface area contributed by atoms with E-state index >= 15 is 0 Å². The fraction of sp³-hybridized carbons (Fsp3) is 0.278. The highest BCUT2D eigenvalue weighted by atomic mass is 19.4. The zero-order valence-corrected chi connectivity index (χ0v) is 12.9. The minimum absolute atomic E-state index is 0.147. The van der Waals surface area contributed by atoms with Gasteiger partial charge in [0.05, 0.1) is 11.0 Å². The van der Waals surface area contributed by atoms with Crippen LogP contribution in [-0.2, 0) is 12.7 Å². The average Bonchev–Trinajstić information content (AvgIpc) is 2.87. The first-order chi connectivity index (χ1) is 10.9. The second kappa shape index (κ2) is 5.72. The third-order valence-electron chi connectivity index (χ3n) is 3.90. The minimum Gasteiger partial charge on any atom is -0.316 e. The number of halogens is 3. The van der Waals surface area contributed by atoms with Gasteiger partial charge in [-0.15, -0.1) is 0 Å². The lowest BCUT2D eigenvalue weighted by molar-refractivity contribution is -0.146. The maximum atomic E-state index is 13.3. The molecule has 1 aromatic heterocycles. The normalized spacial score (nSPS) is 12.3. The Balaban J connectivity index is 2.04. The topological polar surface area (TPSA) is 17.8 Å². The minimum atomic E-state index is -4.48. The SMILES string of the molecule is CC(C)c1ccc(Cn2c(C(F)(F)F)nc3ccccc32)cc1. The van der Waals surface area contributed by atoms with Crippen molar-refractivity contribution in [2.75, 3.05) is 0 Å². The zero-order valence-electron chi connectivity index (χ0n) is 12.9. The third kappa shape index (κ3) is 3.09. The highest BCUT2D eigenvalue weighted by Gasteiger charge is 2.37. The smallest absolute Gasteiger partial charge is 0.316 e. The van der Waals surface area contributed by atoms with Crippen LogP contribution in [0.25, 0.3) is 11.0 Å². The molecule has 23 heavy (non-hydrogen) atoms. The van der Waals surface area contributed by atoms with E-state index in [2.05, 4.69) is 18.8 Å². The van der Waals surface area contributed by atoms with Gasteiger partial charge in [0.15, 0.2) is 0 Å². The van der Waals surface area contributed by atoms with Crippen LogP contribution in [0.4, 0.5) is 13.2 Å². The molecule has 5 heteroatoms. The van der Waals surface area contributed by atoms with Crippen LogP contribution in [-0.4, -0.2) is 9.55 Å². The number of hydrogen-bond acceptors (Lipinski definition) is 1. The van der Waals surface area contributed by atoms with Gasteiger partial charge in [-0.1, -0.05) is 50.2 Å². The molecular weight excluding hydrogens is 301 g/mol. The van der Waals surface area contributed by atoms with Crippen LogP contribution in [0.5, 0.6) is 0 Å². The Morgan fingerprint density at radius 3 is 2.26 bits per heavy atom. The number of para-hydroxylation sites is 2. The van der Waals surface area contributed by atoms with E-state index in [0.29, 0.717) is 17.0 Å². The van der Waals surface area contributed by atoms with Crippen LogP contribution >= 0.6 is 0 Å². The number of imidazole rings is 1. The largest absolute Gasteiger partial charge is 0.449 e. The Labute approximate surface area is 132 Å². The fourth-order valence-electron chi connectivity index (χ4n) is 2.64. The fourth-order valence-corrected chi connectivity index (χ4v) is 2.64. The highest BCUT2D eigenvalue weighted by Crippen LogP contribution is 2.32. The van der Waals surface area contributed by atoms with Crippen LogP contribution < -0.4 is 0 Å². The van der Waals surface area contributed by atoms with Crippen molar-refractivity contribution in [2.24, 2.45) is 0 Å². The number of hydrogen-bond donors (Lipinski definition) is 0. The summed E-state index contributed by atoms with van der Waals surface area (Å²) in [6, 6.07) is 14.4. The first-order valence-corrected chi connectivity index (χ1v) is 7.47. The van der Waals surface area contributed by atoms with Crippen molar-refractivity contribution in [3.8, 4) is 0 Å². The van der Waals surface area contributed by atoms with Crippen molar-refractivity contribution < 1.29 is 13.2 Å². The molecule has 0 fully saturated rings. The monoisotopic (exact) mass is 318 g/mol. The van der Waals surface area contributed by atoms with Gasteiger partial charge in [-0.2, -0.15) is 13.2 Å². The van der Waals surface area contributed by atoms with E-state index in [1.807, 2.05) is 24.3 Å². The standard InChI is InChI=1S/C18H17F3N2/c1-12(2)14-9-7-13(8-10-14)11-23-16-6-4-3-5-15(16)22-17(23)18(19,20)21/h3-10,12H,11H2,1-2H3. The number of alkyl halides is 3. The molecular formula is C18H17F3N2. The average molecular weight is 318 g/mol. The Kier molecular flexibility index (Phi) is 3.88. The predicted molar refractivity (Wildman–Crippen MR) is 84.4 cm³/mol. The van der Waals surface area contributed by atoms with Crippen LogP contribution in [0.3, 0.4) is 0 Å². The molecule has 0 saturated heterocycles. The van der Waals surface area contributed by atoms with Crippen LogP contribution in [0.15, 0.2) is 48.5 Å². The summed E-state index contributed by atoms with van der Waals surface area (Å²) >= 11 is 0. The van der Waals surface area contributed by atoms with Crippen LogP contribution in [0.2, 0.25) is 0 Å². The van der Waals surface area contributed by atoms with Crippen molar-refractivity contribution >= 4 is 11.0 Å². The van der Waals surface area contributed by atoms with Gasteiger partial charge in [0, 0.05) is 6.54 Å². The lowest BCUT2D eigenvalue weighted by Crippen LogP contribution is -2.15. The summed E-state index contributed by atoms with van der Waals surface area (Å²) in [6.07, 6.45) is -4.48. The molecule has 0 atom stereocenters. The molecule has 0 amide bonds. The maximum Gasteiger partial charge on any atom is 0.449 e. The van der Waals surface area contributed by atoms with Gasteiger partial charge >= 0.3 is 6.18 Å². The second-order valence-electron chi connectivity index (χ2n) is 5.90. The zero-order chi connectivity index (χ0) is 16.6. The van der Waals surface area contributed by atoms with Crippen LogP contribution in [0.1, 0.15) is 36.7 Å². The molecule has 3 rings (SSSR count). The molecule has 2 nitrogen and oxygen atoms in total. The molecule has 2 aromatic carbocycles. The number of aromatic nitrogens is 2. The molecule has 0 aliphatic rings. The number of nitrogens with zero attached hydrogens (tertiary/aromatic N) is 2. The van der Waals surface area contributed by atoms with E-state index in [0.717, 1.165) is 5.56 Å². The lowest BCUT2D eigenvalue weighted by Gasteiger charge is -2.12. The Morgan fingerprint density at radius 1 is 1.00 bits per heavy atom. The molecule has 0 radical (unpaired) electrons. The summed E-state index contributed by atoms with van der Waals surface area (Å²) in [4.78, 5) is 3.76. The van der Waals surface area contributed by atoms with Gasteiger partial charge < -0.3 is 4.57 Å². The summed E-state index contributed by atoms with van der Waals surface area (Å²) in [5, 5.41) is 0. The first kappa shape index (κ1) is 15.6. The summed E-state index contributed by atoms with van der Waals surface area (Å²) in [5.74, 6) is -0.463. The van der Waals surface area contributed by atoms with Crippen molar-refractivity contribution in [3.63, 3.8) is 0 Å². The van der Waals surface area contributed by atoms with Crippen LogP contribution in [0, 0.1) is 0 Å². The summed E-state index contributed by atoms with van der Waals surface area (Å²) in [7, 11) is 0. The Morgan fingerprint density at radius 2 is 1.65 bits per heavy atom. The maximum absolute atomic E-state index is 13.3. The van der Waals surface area contributed by atoms with E-state index < -0.39 is 12.0 Å². The summed E-state index contributed by atoms with van der Waals surface area (Å²) < 4.78 is 41.1. The van der Waals surface area contributed by atoms with Crippen molar-refractivity contribution in [1.82, 2.24) is 9.55 Å². The van der Waals surface area contributed by atoms with E-state index in [4.69, 9.17) is 0 Å². The molecule has 3 aromatic rings. The molecule has 0 spiro atoms. The van der Waals surface area contributed by atoms with Gasteiger partial charge in [-0.25, -0.2) is 4.98 Å². The van der Waals surface area contributed by atoms with E-state index in [-0.39, 0.29) is 6.54 Å². The number of benzene rings is 2. The van der Waals surface area contributed by atoms with Gasteiger partial charge in [0.1, 0.15) is 0 Å². The van der Waals surface area contributed by atoms with Gasteiger partial charge in [0.2, 0.25) is 5.82 Å². The third-order valence-corrected chi connectivity index (χ3v) is 3.90. The molecule has 0 aliphatic heterocycles. The highest BCUT2D eigenvalue weighted by molar-refractivity contribution is 5.76.